The lowest BCUT2D eigenvalue weighted by molar-refractivity contribution is 1.03. The summed E-state index contributed by atoms with van der Waals surface area (Å²) in [5.74, 6) is 0. The zero-order valence-electron chi connectivity index (χ0n) is 9.76. The molecule has 0 saturated heterocycles. The van der Waals surface area contributed by atoms with Crippen LogP contribution in [0.4, 0.5) is 5.69 Å². The minimum absolute atomic E-state index is 0.850. The third kappa shape index (κ3) is 1.59. The van der Waals surface area contributed by atoms with Gasteiger partial charge in [-0.3, -0.25) is 4.98 Å². The number of halogens is 1. The van der Waals surface area contributed by atoms with Crippen molar-refractivity contribution in [1.29, 1.82) is 0 Å². The van der Waals surface area contributed by atoms with Gasteiger partial charge in [0.05, 0.1) is 5.52 Å². The molecule has 0 bridgehead atoms. The number of benzene rings is 1. The molecule has 0 saturated carbocycles. The monoisotopic (exact) mass is 278 g/mol. The summed E-state index contributed by atoms with van der Waals surface area (Å²) in [7, 11) is 0. The molecule has 16 heavy (non-hydrogen) atoms. The summed E-state index contributed by atoms with van der Waals surface area (Å²) < 4.78 is 1.05. The van der Waals surface area contributed by atoms with E-state index in [0.717, 1.165) is 38.7 Å². The van der Waals surface area contributed by atoms with Gasteiger partial charge in [-0.1, -0.05) is 19.1 Å². The van der Waals surface area contributed by atoms with Gasteiger partial charge in [0.25, 0.3) is 0 Å². The highest BCUT2D eigenvalue weighted by atomic mass is 79.9. The van der Waals surface area contributed by atoms with Gasteiger partial charge in [-0.25, -0.2) is 0 Å². The first-order valence-corrected chi connectivity index (χ1v) is 6.19. The summed E-state index contributed by atoms with van der Waals surface area (Å²) in [5.41, 5.74) is 11.3. The van der Waals surface area contributed by atoms with Crippen molar-refractivity contribution >= 4 is 32.5 Å². The second-order valence-corrected chi connectivity index (χ2v) is 4.84. The van der Waals surface area contributed by atoms with Crippen molar-refractivity contribution < 1.29 is 0 Å². The number of hydrogen-bond acceptors (Lipinski definition) is 2. The third-order valence-corrected chi connectivity index (χ3v) is 4.02. The minimum Gasteiger partial charge on any atom is -0.398 e. The van der Waals surface area contributed by atoms with Gasteiger partial charge in [-0.15, -0.1) is 0 Å². The Labute approximate surface area is 104 Å². The van der Waals surface area contributed by atoms with E-state index in [9.17, 15) is 0 Å². The SMILES string of the molecule is CCc1nc2c(Br)c(C)ccc2c(N)c1C. The maximum Gasteiger partial charge on any atom is 0.0870 e. The summed E-state index contributed by atoms with van der Waals surface area (Å²) in [6, 6.07) is 4.11. The Morgan fingerprint density at radius 2 is 2.00 bits per heavy atom. The Hall–Kier alpha value is -1.09. The summed E-state index contributed by atoms with van der Waals surface area (Å²) in [6.45, 7) is 6.20. The van der Waals surface area contributed by atoms with E-state index >= 15 is 0 Å². The summed E-state index contributed by atoms with van der Waals surface area (Å²) in [6.07, 6.45) is 0.909. The number of nitrogens with zero attached hydrogens (tertiary/aromatic N) is 1. The predicted molar refractivity (Wildman–Crippen MR) is 72.7 cm³/mol. The van der Waals surface area contributed by atoms with E-state index < -0.39 is 0 Å². The van der Waals surface area contributed by atoms with E-state index in [2.05, 4.69) is 40.8 Å². The van der Waals surface area contributed by atoms with Gasteiger partial charge in [-0.2, -0.15) is 0 Å². The molecule has 2 aromatic rings. The molecule has 1 heterocycles. The lowest BCUT2D eigenvalue weighted by Gasteiger charge is -2.12. The average Bonchev–Trinajstić information content (AvgIpc) is 2.28. The molecule has 2 N–H and O–H groups in total. The van der Waals surface area contributed by atoms with Crippen LogP contribution in [0.15, 0.2) is 16.6 Å². The van der Waals surface area contributed by atoms with E-state index in [1.54, 1.807) is 0 Å². The molecule has 0 radical (unpaired) electrons. The molecule has 2 rings (SSSR count). The van der Waals surface area contributed by atoms with Crippen LogP contribution in [0.25, 0.3) is 10.9 Å². The highest BCUT2D eigenvalue weighted by Gasteiger charge is 2.11. The first-order valence-electron chi connectivity index (χ1n) is 5.40. The second kappa shape index (κ2) is 4.06. The van der Waals surface area contributed by atoms with E-state index in [1.807, 2.05) is 13.0 Å². The van der Waals surface area contributed by atoms with Crippen molar-refractivity contribution in [2.24, 2.45) is 0 Å². The number of anilines is 1. The van der Waals surface area contributed by atoms with Gasteiger partial charge < -0.3 is 5.73 Å². The number of rotatable bonds is 1. The number of hydrogen-bond donors (Lipinski definition) is 1. The number of nitrogens with two attached hydrogens (primary N) is 1. The van der Waals surface area contributed by atoms with Crippen LogP contribution in [-0.2, 0) is 6.42 Å². The quantitative estimate of drug-likeness (QED) is 0.863. The molecule has 0 spiro atoms. The zero-order chi connectivity index (χ0) is 11.9. The molecule has 0 atom stereocenters. The maximum atomic E-state index is 6.15. The molecule has 2 nitrogen and oxygen atoms in total. The molecule has 1 aromatic carbocycles. The zero-order valence-corrected chi connectivity index (χ0v) is 11.4. The molecule has 0 aliphatic carbocycles. The van der Waals surface area contributed by atoms with Gasteiger partial charge in [-0.05, 0) is 47.3 Å². The fraction of sp³-hybridized carbons (Fsp3) is 0.308. The first-order chi connectivity index (χ1) is 7.56. The van der Waals surface area contributed by atoms with Crippen molar-refractivity contribution in [2.75, 3.05) is 5.73 Å². The summed E-state index contributed by atoms with van der Waals surface area (Å²) >= 11 is 3.58. The van der Waals surface area contributed by atoms with Crippen molar-refractivity contribution in [1.82, 2.24) is 4.98 Å². The average molecular weight is 279 g/mol. The van der Waals surface area contributed by atoms with E-state index in [0.29, 0.717) is 0 Å². The van der Waals surface area contributed by atoms with Crippen LogP contribution in [0.5, 0.6) is 0 Å². The minimum atomic E-state index is 0.850. The highest BCUT2D eigenvalue weighted by Crippen LogP contribution is 2.32. The Kier molecular flexibility index (Phi) is 2.89. The molecule has 84 valence electrons. The molecular formula is C13H15BrN2. The fourth-order valence-corrected chi connectivity index (χ4v) is 2.35. The van der Waals surface area contributed by atoms with Crippen LogP contribution in [-0.4, -0.2) is 4.98 Å². The standard InChI is InChI=1S/C13H15BrN2/c1-4-10-8(3)12(15)9-6-5-7(2)11(14)13(9)16-10/h5-6H,4H2,1-3H3,(H2,15,16). The number of fused-ring (bicyclic) bond motifs is 1. The van der Waals surface area contributed by atoms with Gasteiger partial charge in [0, 0.05) is 21.2 Å². The largest absolute Gasteiger partial charge is 0.398 e. The van der Waals surface area contributed by atoms with Crippen LogP contribution in [0, 0.1) is 13.8 Å². The number of aryl methyl sites for hydroxylation is 2. The smallest absolute Gasteiger partial charge is 0.0870 e. The first kappa shape index (κ1) is 11.4. The van der Waals surface area contributed by atoms with Crippen LogP contribution in [0.3, 0.4) is 0 Å². The molecule has 3 heteroatoms. The van der Waals surface area contributed by atoms with E-state index in [1.165, 1.54) is 5.56 Å². The molecule has 0 aliphatic heterocycles. The van der Waals surface area contributed by atoms with Crippen molar-refractivity contribution in [3.8, 4) is 0 Å². The van der Waals surface area contributed by atoms with Gasteiger partial charge in [0.2, 0.25) is 0 Å². The van der Waals surface area contributed by atoms with Gasteiger partial charge in [0.15, 0.2) is 0 Å². The Morgan fingerprint density at radius 3 is 2.62 bits per heavy atom. The third-order valence-electron chi connectivity index (χ3n) is 3.02. The van der Waals surface area contributed by atoms with Crippen LogP contribution in [0.1, 0.15) is 23.7 Å². The van der Waals surface area contributed by atoms with Crippen molar-refractivity contribution in [3.63, 3.8) is 0 Å². The lowest BCUT2D eigenvalue weighted by Crippen LogP contribution is -2.01. The molecule has 0 aliphatic rings. The number of aromatic nitrogens is 1. The molecule has 0 amide bonds. The van der Waals surface area contributed by atoms with Crippen LogP contribution >= 0.6 is 15.9 Å². The summed E-state index contributed by atoms with van der Waals surface area (Å²) in [5, 5.41) is 1.03. The summed E-state index contributed by atoms with van der Waals surface area (Å²) in [4.78, 5) is 4.69. The fourth-order valence-electron chi connectivity index (χ4n) is 1.91. The second-order valence-electron chi connectivity index (χ2n) is 4.04. The van der Waals surface area contributed by atoms with Gasteiger partial charge in [0.1, 0.15) is 0 Å². The van der Waals surface area contributed by atoms with E-state index in [-0.39, 0.29) is 0 Å². The molecule has 0 fully saturated rings. The number of pyridine rings is 1. The molecule has 0 unspecified atom stereocenters. The predicted octanol–water partition coefficient (Wildman–Crippen LogP) is 3.76. The lowest BCUT2D eigenvalue weighted by atomic mass is 10.0. The molecule has 1 aromatic heterocycles. The Balaban J connectivity index is 2.93. The highest BCUT2D eigenvalue weighted by molar-refractivity contribution is 9.10. The Bertz CT molecular complexity index is 562. The van der Waals surface area contributed by atoms with Crippen LogP contribution < -0.4 is 5.73 Å². The molecular weight excluding hydrogens is 264 g/mol. The van der Waals surface area contributed by atoms with Gasteiger partial charge >= 0.3 is 0 Å². The van der Waals surface area contributed by atoms with Crippen molar-refractivity contribution in [2.45, 2.75) is 27.2 Å². The normalized spacial score (nSPS) is 11.0. The Morgan fingerprint density at radius 1 is 1.31 bits per heavy atom. The van der Waals surface area contributed by atoms with E-state index in [4.69, 9.17) is 5.73 Å². The maximum absolute atomic E-state index is 6.15. The number of nitrogen functional groups attached to an aromatic ring is 1. The van der Waals surface area contributed by atoms with Crippen molar-refractivity contribution in [3.05, 3.63) is 33.4 Å². The topological polar surface area (TPSA) is 38.9 Å². The van der Waals surface area contributed by atoms with Crippen LogP contribution in [0.2, 0.25) is 0 Å².